The zero-order chi connectivity index (χ0) is 15.1. The van der Waals surface area contributed by atoms with Crippen molar-refractivity contribution in [3.8, 4) is 0 Å². The third kappa shape index (κ3) is 2.36. The van der Waals surface area contributed by atoms with Gasteiger partial charge in [0.25, 0.3) is 0 Å². The third-order valence-corrected chi connectivity index (χ3v) is 4.27. The number of carbonyl (C=O) groups excluding carboxylic acids is 1. The van der Waals surface area contributed by atoms with Crippen LogP contribution in [0.3, 0.4) is 0 Å². The van der Waals surface area contributed by atoms with Gasteiger partial charge in [-0.3, -0.25) is 4.90 Å². The van der Waals surface area contributed by atoms with Crippen molar-refractivity contribution < 1.29 is 4.79 Å². The molecule has 21 heavy (non-hydrogen) atoms. The molecule has 1 aliphatic rings. The summed E-state index contributed by atoms with van der Waals surface area (Å²) in [5.41, 5.74) is 5.60. The largest absolute Gasteiger partial charge is 0.330 e. The Morgan fingerprint density at radius 3 is 2.38 bits per heavy atom. The highest BCUT2D eigenvalue weighted by Gasteiger charge is 2.27. The molecular formula is C17H15BrN2O. The maximum absolute atomic E-state index is 12.4. The lowest BCUT2D eigenvalue weighted by Gasteiger charge is -2.32. The maximum Gasteiger partial charge on any atom is 0.330 e. The quantitative estimate of drug-likeness (QED) is 0.769. The van der Waals surface area contributed by atoms with E-state index in [0.717, 1.165) is 27.0 Å². The topological polar surface area (TPSA) is 32.3 Å². The number of amides is 2. The van der Waals surface area contributed by atoms with E-state index in [9.17, 15) is 4.79 Å². The molecule has 2 amide bonds. The molecule has 0 spiro atoms. The van der Waals surface area contributed by atoms with E-state index in [2.05, 4.69) is 40.8 Å². The minimum Gasteiger partial charge on any atom is -0.307 e. The SMILES string of the molecule is C=C1c2cc(C)c(C)cc2NC(=O)N1c1ccc(Br)cc1. The number of hydrogen-bond acceptors (Lipinski definition) is 1. The van der Waals surface area contributed by atoms with Crippen LogP contribution in [-0.4, -0.2) is 6.03 Å². The minimum atomic E-state index is -0.182. The smallest absolute Gasteiger partial charge is 0.307 e. The van der Waals surface area contributed by atoms with E-state index < -0.39 is 0 Å². The normalized spacial score (nSPS) is 14.0. The molecule has 1 aliphatic heterocycles. The first-order valence-electron chi connectivity index (χ1n) is 6.64. The molecule has 0 bridgehead atoms. The Kier molecular flexibility index (Phi) is 3.33. The lowest BCUT2D eigenvalue weighted by Crippen LogP contribution is -2.37. The summed E-state index contributed by atoms with van der Waals surface area (Å²) in [5, 5.41) is 2.94. The van der Waals surface area contributed by atoms with Gasteiger partial charge < -0.3 is 5.32 Å². The molecule has 3 nitrogen and oxygen atoms in total. The first-order chi connectivity index (χ1) is 9.97. The van der Waals surface area contributed by atoms with Gasteiger partial charge in [0.2, 0.25) is 0 Å². The molecule has 0 saturated carbocycles. The Hall–Kier alpha value is -2.07. The van der Waals surface area contributed by atoms with Crippen LogP contribution in [0.2, 0.25) is 0 Å². The monoisotopic (exact) mass is 342 g/mol. The molecule has 0 unspecified atom stereocenters. The molecule has 4 heteroatoms. The van der Waals surface area contributed by atoms with Gasteiger partial charge in [0.05, 0.1) is 17.1 Å². The second-order valence-corrected chi connectivity index (χ2v) is 6.09. The summed E-state index contributed by atoms with van der Waals surface area (Å²) in [4.78, 5) is 14.0. The fourth-order valence-corrected chi connectivity index (χ4v) is 2.70. The zero-order valence-corrected chi connectivity index (χ0v) is 13.5. The number of fused-ring (bicyclic) bond motifs is 1. The predicted octanol–water partition coefficient (Wildman–Crippen LogP) is 5.09. The van der Waals surface area contributed by atoms with E-state index in [1.54, 1.807) is 4.90 Å². The van der Waals surface area contributed by atoms with Gasteiger partial charge >= 0.3 is 6.03 Å². The van der Waals surface area contributed by atoms with E-state index in [4.69, 9.17) is 0 Å². The number of rotatable bonds is 1. The van der Waals surface area contributed by atoms with Crippen LogP contribution in [0.25, 0.3) is 5.70 Å². The minimum absolute atomic E-state index is 0.182. The van der Waals surface area contributed by atoms with Gasteiger partial charge in [-0.1, -0.05) is 22.5 Å². The summed E-state index contributed by atoms with van der Waals surface area (Å²) >= 11 is 3.40. The standard InChI is InChI=1S/C17H15BrN2O/c1-10-8-15-12(3)20(14-6-4-13(18)5-7-14)17(21)19-16(15)9-11(10)2/h4-9H,3H2,1-2H3,(H,19,21). The van der Waals surface area contributed by atoms with Crippen molar-refractivity contribution in [3.05, 3.63) is 64.1 Å². The van der Waals surface area contributed by atoms with Crippen molar-refractivity contribution in [2.45, 2.75) is 13.8 Å². The molecule has 0 atom stereocenters. The van der Waals surface area contributed by atoms with Crippen molar-refractivity contribution in [2.75, 3.05) is 10.2 Å². The number of hydrogen-bond donors (Lipinski definition) is 1. The first-order valence-corrected chi connectivity index (χ1v) is 7.44. The van der Waals surface area contributed by atoms with E-state index in [-0.39, 0.29) is 6.03 Å². The predicted molar refractivity (Wildman–Crippen MR) is 90.6 cm³/mol. The van der Waals surface area contributed by atoms with Crippen LogP contribution in [0.1, 0.15) is 16.7 Å². The van der Waals surface area contributed by atoms with E-state index >= 15 is 0 Å². The number of anilines is 2. The van der Waals surface area contributed by atoms with Crippen molar-refractivity contribution in [1.29, 1.82) is 0 Å². The second kappa shape index (κ2) is 5.04. The van der Waals surface area contributed by atoms with Gasteiger partial charge in [-0.15, -0.1) is 0 Å². The number of halogens is 1. The highest BCUT2D eigenvalue weighted by Crippen LogP contribution is 2.36. The molecule has 1 N–H and O–H groups in total. The van der Waals surface area contributed by atoms with Crippen LogP contribution in [0.5, 0.6) is 0 Å². The molecule has 0 radical (unpaired) electrons. The van der Waals surface area contributed by atoms with Crippen molar-refractivity contribution in [1.82, 2.24) is 0 Å². The van der Waals surface area contributed by atoms with Crippen LogP contribution < -0.4 is 10.2 Å². The van der Waals surface area contributed by atoms with Gasteiger partial charge in [-0.2, -0.15) is 0 Å². The Morgan fingerprint density at radius 1 is 1.10 bits per heavy atom. The van der Waals surface area contributed by atoms with Crippen LogP contribution in [0.15, 0.2) is 47.4 Å². The number of carbonyl (C=O) groups is 1. The van der Waals surface area contributed by atoms with Crippen LogP contribution in [0, 0.1) is 13.8 Å². The maximum atomic E-state index is 12.4. The van der Waals surface area contributed by atoms with Gasteiger partial charge in [-0.05, 0) is 61.4 Å². The van der Waals surface area contributed by atoms with Crippen LogP contribution >= 0.6 is 15.9 Å². The Morgan fingerprint density at radius 2 is 1.71 bits per heavy atom. The molecule has 0 aliphatic carbocycles. The van der Waals surface area contributed by atoms with Gasteiger partial charge in [-0.25, -0.2) is 4.79 Å². The third-order valence-electron chi connectivity index (χ3n) is 3.74. The highest BCUT2D eigenvalue weighted by atomic mass is 79.9. The average molecular weight is 343 g/mol. The summed E-state index contributed by atoms with van der Waals surface area (Å²) in [7, 11) is 0. The summed E-state index contributed by atoms with van der Waals surface area (Å²) in [6.07, 6.45) is 0. The summed E-state index contributed by atoms with van der Waals surface area (Å²) in [5.74, 6) is 0. The van der Waals surface area contributed by atoms with E-state index in [0.29, 0.717) is 5.70 Å². The summed E-state index contributed by atoms with van der Waals surface area (Å²) < 4.78 is 0.973. The number of nitrogens with zero attached hydrogens (tertiary/aromatic N) is 1. The number of nitrogens with one attached hydrogen (secondary N) is 1. The van der Waals surface area contributed by atoms with Crippen LogP contribution in [-0.2, 0) is 0 Å². The van der Waals surface area contributed by atoms with Crippen molar-refractivity contribution in [2.24, 2.45) is 0 Å². The molecule has 0 saturated heterocycles. The summed E-state index contributed by atoms with van der Waals surface area (Å²) in [6, 6.07) is 11.5. The first kappa shape index (κ1) is 13.9. The molecule has 106 valence electrons. The van der Waals surface area contributed by atoms with E-state index in [1.165, 1.54) is 5.56 Å². The lowest BCUT2D eigenvalue weighted by atomic mass is 10.00. The molecule has 3 rings (SSSR count). The van der Waals surface area contributed by atoms with Crippen molar-refractivity contribution in [3.63, 3.8) is 0 Å². The fraction of sp³-hybridized carbons (Fsp3) is 0.118. The second-order valence-electron chi connectivity index (χ2n) is 5.17. The number of benzene rings is 2. The lowest BCUT2D eigenvalue weighted by molar-refractivity contribution is 0.259. The molecule has 0 aromatic heterocycles. The van der Waals surface area contributed by atoms with E-state index in [1.807, 2.05) is 37.3 Å². The molecule has 1 heterocycles. The van der Waals surface area contributed by atoms with Gasteiger partial charge in [0.1, 0.15) is 0 Å². The Labute approximate surface area is 132 Å². The highest BCUT2D eigenvalue weighted by molar-refractivity contribution is 9.10. The average Bonchev–Trinajstić information content (AvgIpc) is 2.43. The number of aryl methyl sites for hydroxylation is 2. The zero-order valence-electron chi connectivity index (χ0n) is 11.9. The molecule has 0 fully saturated rings. The van der Waals surface area contributed by atoms with Gasteiger partial charge in [0, 0.05) is 10.0 Å². The number of urea groups is 1. The Bertz CT molecular complexity index is 750. The van der Waals surface area contributed by atoms with Crippen molar-refractivity contribution >= 4 is 39.0 Å². The Balaban J connectivity index is 2.09. The van der Waals surface area contributed by atoms with Gasteiger partial charge in [0.15, 0.2) is 0 Å². The molecule has 2 aromatic rings. The molecule has 2 aromatic carbocycles. The van der Waals surface area contributed by atoms with Crippen LogP contribution in [0.4, 0.5) is 16.2 Å². The summed E-state index contributed by atoms with van der Waals surface area (Å²) in [6.45, 7) is 8.20. The molecular weight excluding hydrogens is 328 g/mol. The fourth-order valence-electron chi connectivity index (χ4n) is 2.44.